The van der Waals surface area contributed by atoms with Crippen LogP contribution in [-0.2, 0) is 9.84 Å². The molecule has 0 radical (unpaired) electrons. The van der Waals surface area contributed by atoms with Crippen molar-refractivity contribution in [2.45, 2.75) is 36.0 Å². The first-order valence-corrected chi connectivity index (χ1v) is 9.19. The first kappa shape index (κ1) is 14.7. The third-order valence-corrected chi connectivity index (χ3v) is 5.80. The minimum absolute atomic E-state index is 0.146. The van der Waals surface area contributed by atoms with Gasteiger partial charge in [-0.1, -0.05) is 6.92 Å². The van der Waals surface area contributed by atoms with Gasteiger partial charge in [-0.05, 0) is 36.8 Å². The Morgan fingerprint density at radius 1 is 1.42 bits per heavy atom. The van der Waals surface area contributed by atoms with E-state index >= 15 is 0 Å². The van der Waals surface area contributed by atoms with Crippen LogP contribution in [0.25, 0.3) is 0 Å². The van der Waals surface area contributed by atoms with Crippen molar-refractivity contribution in [3.8, 4) is 0 Å². The van der Waals surface area contributed by atoms with Gasteiger partial charge >= 0.3 is 0 Å². The topological polar surface area (TPSA) is 46.2 Å². The predicted octanol–water partition coefficient (Wildman–Crippen LogP) is 2.93. The number of benzene rings is 1. The normalized spacial score (nSPS) is 24.2. The second kappa shape index (κ2) is 5.71. The molecule has 1 aliphatic heterocycles. The molecular formula is C13H18FNO2S2. The molecule has 0 amide bonds. The van der Waals surface area contributed by atoms with Crippen molar-refractivity contribution >= 4 is 27.3 Å². The molecule has 2 rings (SSSR count). The number of hydrogen-bond donors (Lipinski definition) is 1. The molecule has 19 heavy (non-hydrogen) atoms. The van der Waals surface area contributed by atoms with Gasteiger partial charge in [0.05, 0.1) is 10.6 Å². The third-order valence-electron chi connectivity index (χ3n) is 3.31. The highest BCUT2D eigenvalue weighted by molar-refractivity contribution is 8.00. The van der Waals surface area contributed by atoms with Crippen molar-refractivity contribution in [1.29, 1.82) is 0 Å². The van der Waals surface area contributed by atoms with Crippen molar-refractivity contribution < 1.29 is 12.8 Å². The summed E-state index contributed by atoms with van der Waals surface area (Å²) in [5.41, 5.74) is 0.280. The first-order chi connectivity index (χ1) is 8.88. The zero-order valence-corrected chi connectivity index (χ0v) is 12.7. The summed E-state index contributed by atoms with van der Waals surface area (Å²) in [5.74, 6) is 0.723. The average molecular weight is 303 g/mol. The van der Waals surface area contributed by atoms with Crippen LogP contribution in [0.15, 0.2) is 23.1 Å². The Morgan fingerprint density at radius 2 is 2.16 bits per heavy atom. The van der Waals surface area contributed by atoms with E-state index in [1.54, 1.807) is 0 Å². The lowest BCUT2D eigenvalue weighted by Crippen LogP contribution is -2.33. The van der Waals surface area contributed by atoms with Gasteiger partial charge in [-0.2, -0.15) is 11.8 Å². The summed E-state index contributed by atoms with van der Waals surface area (Å²) in [7, 11) is -3.31. The van der Waals surface area contributed by atoms with Crippen LogP contribution in [-0.4, -0.2) is 31.7 Å². The Hall–Kier alpha value is -0.750. The van der Waals surface area contributed by atoms with Crippen LogP contribution >= 0.6 is 11.8 Å². The minimum atomic E-state index is -3.31. The molecule has 106 valence electrons. The highest BCUT2D eigenvalue weighted by atomic mass is 32.2. The Balaban J connectivity index is 2.24. The fourth-order valence-corrected chi connectivity index (χ4v) is 3.95. The maximum Gasteiger partial charge on any atom is 0.175 e. The molecule has 2 atom stereocenters. The summed E-state index contributed by atoms with van der Waals surface area (Å²) in [6.07, 6.45) is 3.21. The lowest BCUT2D eigenvalue weighted by molar-refractivity contribution is 0.592. The molecule has 0 saturated carbocycles. The largest absolute Gasteiger partial charge is 0.379 e. The number of sulfone groups is 1. The van der Waals surface area contributed by atoms with Crippen LogP contribution in [0, 0.1) is 5.82 Å². The lowest BCUT2D eigenvalue weighted by Gasteiger charge is -2.30. The monoisotopic (exact) mass is 303 g/mol. The second-order valence-corrected chi connectivity index (χ2v) is 8.38. The van der Waals surface area contributed by atoms with E-state index in [2.05, 4.69) is 12.2 Å². The van der Waals surface area contributed by atoms with Crippen LogP contribution < -0.4 is 5.32 Å². The Morgan fingerprint density at radius 3 is 2.79 bits per heavy atom. The standard InChI is InChI=1S/C13H18FNO2S2/c1-9-12(4-3-7-18-9)15-13-8-10(19(2,16)17)5-6-11(13)14/h5-6,8-9,12,15H,3-4,7H2,1-2H3. The number of halogens is 1. The molecule has 1 aliphatic rings. The zero-order chi connectivity index (χ0) is 14.0. The molecule has 3 nitrogen and oxygen atoms in total. The average Bonchev–Trinajstić information content (AvgIpc) is 2.33. The number of nitrogens with one attached hydrogen (secondary N) is 1. The quantitative estimate of drug-likeness (QED) is 0.872. The molecule has 1 saturated heterocycles. The Kier molecular flexibility index (Phi) is 4.40. The highest BCUT2D eigenvalue weighted by Crippen LogP contribution is 2.29. The van der Waals surface area contributed by atoms with E-state index in [9.17, 15) is 12.8 Å². The van der Waals surface area contributed by atoms with Crippen LogP contribution in [0.2, 0.25) is 0 Å². The van der Waals surface area contributed by atoms with Gasteiger partial charge in [0.25, 0.3) is 0 Å². The summed E-state index contributed by atoms with van der Waals surface area (Å²) >= 11 is 1.86. The van der Waals surface area contributed by atoms with Crippen LogP contribution in [0.5, 0.6) is 0 Å². The van der Waals surface area contributed by atoms with Gasteiger partial charge in [-0.15, -0.1) is 0 Å². The molecule has 1 fully saturated rings. The van der Waals surface area contributed by atoms with Crippen molar-refractivity contribution in [1.82, 2.24) is 0 Å². The number of anilines is 1. The van der Waals surface area contributed by atoms with Gasteiger partial charge in [-0.25, -0.2) is 12.8 Å². The van der Waals surface area contributed by atoms with Crippen LogP contribution in [0.4, 0.5) is 10.1 Å². The summed E-state index contributed by atoms with van der Waals surface area (Å²) in [5, 5.41) is 3.55. The summed E-state index contributed by atoms with van der Waals surface area (Å²) in [6, 6.07) is 4.08. The third kappa shape index (κ3) is 3.63. The van der Waals surface area contributed by atoms with E-state index in [0.717, 1.165) is 24.9 Å². The molecule has 2 unspecified atom stereocenters. The highest BCUT2D eigenvalue weighted by Gasteiger charge is 2.23. The Labute approximate surface area is 117 Å². The van der Waals surface area contributed by atoms with Gasteiger partial charge in [0.1, 0.15) is 5.82 Å². The molecule has 1 aromatic carbocycles. The summed E-state index contributed by atoms with van der Waals surface area (Å²) in [6.45, 7) is 2.11. The smallest absolute Gasteiger partial charge is 0.175 e. The van der Waals surface area contributed by atoms with Gasteiger partial charge in [0.15, 0.2) is 9.84 Å². The molecule has 0 aromatic heterocycles. The van der Waals surface area contributed by atoms with Crippen molar-refractivity contribution in [2.24, 2.45) is 0 Å². The van der Waals surface area contributed by atoms with E-state index in [1.165, 1.54) is 18.2 Å². The molecule has 0 bridgehead atoms. The molecule has 1 aromatic rings. The summed E-state index contributed by atoms with van der Waals surface area (Å²) in [4.78, 5) is 0.146. The predicted molar refractivity (Wildman–Crippen MR) is 78.1 cm³/mol. The van der Waals surface area contributed by atoms with Gasteiger partial charge in [-0.3, -0.25) is 0 Å². The molecule has 1 N–H and O–H groups in total. The molecule has 0 aliphatic carbocycles. The van der Waals surface area contributed by atoms with Crippen molar-refractivity contribution in [2.75, 3.05) is 17.3 Å². The SMILES string of the molecule is CC1SCCCC1Nc1cc(S(C)(=O)=O)ccc1F. The van der Waals surface area contributed by atoms with E-state index < -0.39 is 15.7 Å². The second-order valence-electron chi connectivity index (χ2n) is 4.88. The van der Waals surface area contributed by atoms with Crippen molar-refractivity contribution in [3.05, 3.63) is 24.0 Å². The van der Waals surface area contributed by atoms with E-state index in [1.807, 2.05) is 11.8 Å². The Bertz CT molecular complexity index is 560. The van der Waals surface area contributed by atoms with Crippen LogP contribution in [0.1, 0.15) is 19.8 Å². The molecule has 1 heterocycles. The number of rotatable bonds is 3. The van der Waals surface area contributed by atoms with E-state index in [-0.39, 0.29) is 16.6 Å². The number of thioether (sulfide) groups is 1. The fourth-order valence-electron chi connectivity index (χ4n) is 2.16. The minimum Gasteiger partial charge on any atom is -0.379 e. The maximum absolute atomic E-state index is 13.8. The van der Waals surface area contributed by atoms with Crippen LogP contribution in [0.3, 0.4) is 0 Å². The maximum atomic E-state index is 13.8. The number of hydrogen-bond acceptors (Lipinski definition) is 4. The lowest BCUT2D eigenvalue weighted by atomic mass is 10.1. The van der Waals surface area contributed by atoms with E-state index in [0.29, 0.717) is 5.25 Å². The van der Waals surface area contributed by atoms with Gasteiger partial charge in [0.2, 0.25) is 0 Å². The van der Waals surface area contributed by atoms with Gasteiger partial charge in [0, 0.05) is 17.5 Å². The summed E-state index contributed by atoms with van der Waals surface area (Å²) < 4.78 is 36.8. The molecule has 0 spiro atoms. The van der Waals surface area contributed by atoms with E-state index in [4.69, 9.17) is 0 Å². The van der Waals surface area contributed by atoms with Gasteiger partial charge < -0.3 is 5.32 Å². The zero-order valence-electron chi connectivity index (χ0n) is 11.0. The first-order valence-electron chi connectivity index (χ1n) is 6.25. The fraction of sp³-hybridized carbons (Fsp3) is 0.538. The molecular weight excluding hydrogens is 285 g/mol. The van der Waals surface area contributed by atoms with Crippen molar-refractivity contribution in [3.63, 3.8) is 0 Å². The molecule has 6 heteroatoms.